The molecule has 0 fully saturated rings. The first kappa shape index (κ1) is 11.6. The minimum atomic E-state index is 0.717. The quantitative estimate of drug-likeness (QED) is 0.635. The highest BCUT2D eigenvalue weighted by Gasteiger charge is 2.09. The summed E-state index contributed by atoms with van der Waals surface area (Å²) in [5.41, 5.74) is 5.35. The lowest BCUT2D eigenvalue weighted by molar-refractivity contribution is 1.11. The van der Waals surface area contributed by atoms with Gasteiger partial charge in [0.15, 0.2) is 0 Å². The van der Waals surface area contributed by atoms with Crippen molar-refractivity contribution in [2.45, 2.75) is 13.8 Å². The second kappa shape index (κ2) is 4.29. The number of nitriles is 1. The van der Waals surface area contributed by atoms with Gasteiger partial charge in [-0.2, -0.15) is 5.26 Å². The Kier molecular flexibility index (Phi) is 2.61. The SMILES string of the molecule is Cc1cc(C)cc(-n2cc(C#N)c3ccccc32)c1. The van der Waals surface area contributed by atoms with Crippen molar-refractivity contribution in [2.75, 3.05) is 0 Å². The molecule has 0 radical (unpaired) electrons. The average molecular weight is 246 g/mol. The van der Waals surface area contributed by atoms with Gasteiger partial charge in [0, 0.05) is 17.3 Å². The molecule has 0 saturated carbocycles. The zero-order chi connectivity index (χ0) is 13.4. The summed E-state index contributed by atoms with van der Waals surface area (Å²) < 4.78 is 2.09. The number of aryl methyl sites for hydroxylation is 2. The molecule has 0 aliphatic carbocycles. The zero-order valence-corrected chi connectivity index (χ0v) is 11.0. The fraction of sp³-hybridized carbons (Fsp3) is 0.118. The summed E-state index contributed by atoms with van der Waals surface area (Å²) >= 11 is 0. The van der Waals surface area contributed by atoms with E-state index in [0.717, 1.165) is 22.2 Å². The molecule has 3 aromatic rings. The fourth-order valence-corrected chi connectivity index (χ4v) is 2.57. The van der Waals surface area contributed by atoms with E-state index in [1.54, 1.807) is 0 Å². The third kappa shape index (κ3) is 1.90. The second-order valence-corrected chi connectivity index (χ2v) is 4.89. The lowest BCUT2D eigenvalue weighted by Gasteiger charge is -2.08. The highest BCUT2D eigenvalue weighted by molar-refractivity contribution is 5.87. The lowest BCUT2D eigenvalue weighted by atomic mass is 10.1. The molecular weight excluding hydrogens is 232 g/mol. The highest BCUT2D eigenvalue weighted by Crippen LogP contribution is 2.25. The number of nitrogens with zero attached hydrogens (tertiary/aromatic N) is 2. The molecule has 0 bridgehead atoms. The molecule has 0 aliphatic rings. The van der Waals surface area contributed by atoms with Crippen LogP contribution in [0.1, 0.15) is 16.7 Å². The van der Waals surface area contributed by atoms with Crippen LogP contribution in [0.2, 0.25) is 0 Å². The molecule has 1 heterocycles. The number of aromatic nitrogens is 1. The maximum Gasteiger partial charge on any atom is 0.101 e. The van der Waals surface area contributed by atoms with Crippen LogP contribution in [0.25, 0.3) is 16.6 Å². The Bertz CT molecular complexity index is 783. The Morgan fingerprint density at radius 3 is 2.37 bits per heavy atom. The van der Waals surface area contributed by atoms with Crippen LogP contribution in [0.15, 0.2) is 48.7 Å². The topological polar surface area (TPSA) is 28.7 Å². The second-order valence-electron chi connectivity index (χ2n) is 4.89. The van der Waals surface area contributed by atoms with E-state index in [2.05, 4.69) is 42.7 Å². The van der Waals surface area contributed by atoms with Crippen molar-refractivity contribution in [3.05, 3.63) is 65.4 Å². The van der Waals surface area contributed by atoms with Crippen LogP contribution < -0.4 is 0 Å². The largest absolute Gasteiger partial charge is 0.315 e. The van der Waals surface area contributed by atoms with E-state index in [0.29, 0.717) is 0 Å². The van der Waals surface area contributed by atoms with Crippen molar-refractivity contribution in [3.8, 4) is 11.8 Å². The zero-order valence-electron chi connectivity index (χ0n) is 11.0. The molecule has 19 heavy (non-hydrogen) atoms. The number of fused-ring (bicyclic) bond motifs is 1. The van der Waals surface area contributed by atoms with Crippen LogP contribution >= 0.6 is 0 Å². The Balaban J connectivity index is 2.34. The third-order valence-electron chi connectivity index (χ3n) is 3.32. The van der Waals surface area contributed by atoms with Crippen molar-refractivity contribution < 1.29 is 0 Å². The van der Waals surface area contributed by atoms with Crippen LogP contribution in [0.4, 0.5) is 0 Å². The number of hydrogen-bond acceptors (Lipinski definition) is 1. The lowest BCUT2D eigenvalue weighted by Crippen LogP contribution is -1.93. The monoisotopic (exact) mass is 246 g/mol. The van der Waals surface area contributed by atoms with Crippen molar-refractivity contribution in [1.29, 1.82) is 5.26 Å². The summed E-state index contributed by atoms with van der Waals surface area (Å²) in [5.74, 6) is 0. The molecular formula is C17H14N2. The first-order valence-corrected chi connectivity index (χ1v) is 6.28. The van der Waals surface area contributed by atoms with E-state index in [9.17, 15) is 5.26 Å². The van der Waals surface area contributed by atoms with E-state index in [-0.39, 0.29) is 0 Å². The molecule has 0 atom stereocenters. The standard InChI is InChI=1S/C17H14N2/c1-12-7-13(2)9-15(8-12)19-11-14(10-18)16-5-3-4-6-17(16)19/h3-9,11H,1-2H3. The van der Waals surface area contributed by atoms with E-state index >= 15 is 0 Å². The maximum absolute atomic E-state index is 9.24. The molecule has 0 spiro atoms. The summed E-state index contributed by atoms with van der Waals surface area (Å²) in [6.07, 6.45) is 1.92. The van der Waals surface area contributed by atoms with Gasteiger partial charge in [0.2, 0.25) is 0 Å². The molecule has 0 amide bonds. The molecule has 0 aliphatic heterocycles. The maximum atomic E-state index is 9.24. The van der Waals surface area contributed by atoms with E-state index in [1.807, 2.05) is 30.5 Å². The van der Waals surface area contributed by atoms with Crippen molar-refractivity contribution >= 4 is 10.9 Å². The Morgan fingerprint density at radius 2 is 1.68 bits per heavy atom. The van der Waals surface area contributed by atoms with Gasteiger partial charge in [0.25, 0.3) is 0 Å². The first-order valence-electron chi connectivity index (χ1n) is 6.28. The first-order chi connectivity index (χ1) is 9.19. The average Bonchev–Trinajstić information content (AvgIpc) is 2.76. The highest BCUT2D eigenvalue weighted by atomic mass is 15.0. The molecule has 0 unspecified atom stereocenters. The van der Waals surface area contributed by atoms with E-state index < -0.39 is 0 Å². The van der Waals surface area contributed by atoms with Gasteiger partial charge in [0.05, 0.1) is 11.1 Å². The van der Waals surface area contributed by atoms with Gasteiger partial charge in [-0.25, -0.2) is 0 Å². The smallest absolute Gasteiger partial charge is 0.101 e. The molecule has 2 heteroatoms. The molecule has 3 rings (SSSR count). The minimum absolute atomic E-state index is 0.717. The predicted molar refractivity (Wildman–Crippen MR) is 77.5 cm³/mol. The normalized spacial score (nSPS) is 10.6. The van der Waals surface area contributed by atoms with Crippen molar-refractivity contribution in [3.63, 3.8) is 0 Å². The summed E-state index contributed by atoms with van der Waals surface area (Å²) in [6.45, 7) is 4.18. The van der Waals surface area contributed by atoms with Crippen molar-refractivity contribution in [1.82, 2.24) is 4.57 Å². The number of hydrogen-bond donors (Lipinski definition) is 0. The fourth-order valence-electron chi connectivity index (χ4n) is 2.57. The van der Waals surface area contributed by atoms with E-state index in [1.165, 1.54) is 11.1 Å². The molecule has 0 N–H and O–H groups in total. The van der Waals surface area contributed by atoms with E-state index in [4.69, 9.17) is 0 Å². The van der Waals surface area contributed by atoms with Crippen molar-refractivity contribution in [2.24, 2.45) is 0 Å². The van der Waals surface area contributed by atoms with Crippen LogP contribution in [-0.4, -0.2) is 4.57 Å². The van der Waals surface area contributed by atoms with Crippen LogP contribution in [0.5, 0.6) is 0 Å². The van der Waals surface area contributed by atoms with Crippen LogP contribution in [0.3, 0.4) is 0 Å². The number of para-hydroxylation sites is 1. The summed E-state index contributed by atoms with van der Waals surface area (Å²) in [5, 5.41) is 10.2. The van der Waals surface area contributed by atoms with Gasteiger partial charge in [-0.1, -0.05) is 24.3 Å². The third-order valence-corrected chi connectivity index (χ3v) is 3.32. The van der Waals surface area contributed by atoms with Gasteiger partial charge in [-0.3, -0.25) is 0 Å². The predicted octanol–water partition coefficient (Wildman–Crippen LogP) is 4.12. The molecule has 2 nitrogen and oxygen atoms in total. The molecule has 0 saturated heterocycles. The van der Waals surface area contributed by atoms with Crippen LogP contribution in [-0.2, 0) is 0 Å². The number of benzene rings is 2. The van der Waals surface area contributed by atoms with Gasteiger partial charge in [-0.05, 0) is 43.2 Å². The number of rotatable bonds is 1. The molecule has 92 valence electrons. The van der Waals surface area contributed by atoms with Crippen LogP contribution in [0, 0.1) is 25.2 Å². The molecule has 2 aromatic carbocycles. The minimum Gasteiger partial charge on any atom is -0.315 e. The van der Waals surface area contributed by atoms with Gasteiger partial charge in [0.1, 0.15) is 6.07 Å². The Labute approximate surface area is 112 Å². The Hall–Kier alpha value is -2.53. The van der Waals surface area contributed by atoms with Gasteiger partial charge >= 0.3 is 0 Å². The van der Waals surface area contributed by atoms with Gasteiger partial charge < -0.3 is 4.57 Å². The summed E-state index contributed by atoms with van der Waals surface area (Å²) in [6, 6.07) is 16.7. The summed E-state index contributed by atoms with van der Waals surface area (Å²) in [7, 11) is 0. The Morgan fingerprint density at radius 1 is 1.00 bits per heavy atom. The summed E-state index contributed by atoms with van der Waals surface area (Å²) in [4.78, 5) is 0. The van der Waals surface area contributed by atoms with Gasteiger partial charge in [-0.15, -0.1) is 0 Å². The molecule has 1 aromatic heterocycles.